The van der Waals surface area contributed by atoms with Crippen LogP contribution in [0.25, 0.3) is 0 Å². The van der Waals surface area contributed by atoms with Crippen LogP contribution in [0, 0.1) is 0 Å². The Kier molecular flexibility index (Phi) is 3.96. The molecule has 1 aromatic carbocycles. The lowest BCUT2D eigenvalue weighted by Crippen LogP contribution is -2.39. The summed E-state index contributed by atoms with van der Waals surface area (Å²) in [6.45, 7) is 1.50. The first-order valence-corrected chi connectivity index (χ1v) is 7.78. The Morgan fingerprint density at radius 1 is 1.19 bits per heavy atom. The number of halogens is 1. The number of benzene rings is 1. The quantitative estimate of drug-likeness (QED) is 0.907. The molecule has 0 saturated carbocycles. The number of rotatable bonds is 2. The van der Waals surface area contributed by atoms with Crippen LogP contribution in [0.2, 0.25) is 0 Å². The Balaban J connectivity index is 1.63. The van der Waals surface area contributed by atoms with E-state index in [1.807, 2.05) is 40.0 Å². The van der Waals surface area contributed by atoms with E-state index in [0.717, 1.165) is 36.0 Å². The van der Waals surface area contributed by atoms with Crippen LogP contribution in [0.5, 0.6) is 0 Å². The highest BCUT2D eigenvalue weighted by atomic mass is 79.9. The van der Waals surface area contributed by atoms with Crippen molar-refractivity contribution in [3.05, 3.63) is 46.6 Å². The molecule has 2 aromatic rings. The maximum Gasteiger partial charge on any atom is 0.253 e. The summed E-state index contributed by atoms with van der Waals surface area (Å²) in [6, 6.07) is 9.63. The molecule has 3 rings (SSSR count). The van der Waals surface area contributed by atoms with Crippen LogP contribution in [-0.2, 0) is 0 Å². The van der Waals surface area contributed by atoms with E-state index >= 15 is 0 Å². The van der Waals surface area contributed by atoms with Crippen molar-refractivity contribution in [3.8, 4) is 0 Å². The van der Waals surface area contributed by atoms with Gasteiger partial charge in [0.1, 0.15) is 5.82 Å². The number of aromatic nitrogens is 2. The lowest BCUT2D eigenvalue weighted by molar-refractivity contribution is 0.0690. The molecular weight excluding hydrogens is 332 g/mol. The second kappa shape index (κ2) is 5.89. The van der Waals surface area contributed by atoms with Gasteiger partial charge in [-0.05, 0) is 43.2 Å². The van der Waals surface area contributed by atoms with Crippen LogP contribution in [-0.4, -0.2) is 33.7 Å². The van der Waals surface area contributed by atoms with E-state index in [-0.39, 0.29) is 5.91 Å². The van der Waals surface area contributed by atoms with Crippen LogP contribution in [0.3, 0.4) is 0 Å². The van der Waals surface area contributed by atoms with Crippen molar-refractivity contribution in [2.75, 3.05) is 18.8 Å². The van der Waals surface area contributed by atoms with Crippen molar-refractivity contribution in [3.63, 3.8) is 0 Å². The number of nitrogens with zero attached hydrogens (tertiary/aromatic N) is 3. The van der Waals surface area contributed by atoms with Gasteiger partial charge in [0, 0.05) is 29.3 Å². The van der Waals surface area contributed by atoms with E-state index in [4.69, 9.17) is 5.73 Å². The van der Waals surface area contributed by atoms with Crippen LogP contribution < -0.4 is 5.73 Å². The van der Waals surface area contributed by atoms with E-state index in [1.165, 1.54) is 0 Å². The Bertz CT molecular complexity index is 629. The van der Waals surface area contributed by atoms with E-state index < -0.39 is 0 Å². The second-order valence-electron chi connectivity index (χ2n) is 5.25. The van der Waals surface area contributed by atoms with Gasteiger partial charge in [0.15, 0.2) is 0 Å². The SMILES string of the molecule is Nc1ccn(C2CCN(C(=O)c3ccc(Br)cc3)CC2)n1. The molecule has 2 heterocycles. The van der Waals surface area contributed by atoms with Crippen molar-refractivity contribution in [2.24, 2.45) is 0 Å². The standard InChI is InChI=1S/C15H17BrN4O/c16-12-3-1-11(2-4-12)15(21)19-8-5-13(6-9-19)20-10-7-14(17)18-20/h1-4,7,10,13H,5-6,8-9H2,(H2,17,18). The van der Waals surface area contributed by atoms with Gasteiger partial charge in [-0.3, -0.25) is 9.48 Å². The zero-order chi connectivity index (χ0) is 14.8. The third kappa shape index (κ3) is 3.10. The highest BCUT2D eigenvalue weighted by Crippen LogP contribution is 2.23. The Hall–Kier alpha value is -1.82. The maximum absolute atomic E-state index is 12.4. The number of anilines is 1. The van der Waals surface area contributed by atoms with E-state index in [2.05, 4.69) is 21.0 Å². The number of nitrogen functional groups attached to an aromatic ring is 1. The first-order valence-electron chi connectivity index (χ1n) is 6.99. The number of likely N-dealkylation sites (tertiary alicyclic amines) is 1. The van der Waals surface area contributed by atoms with Crippen LogP contribution in [0.4, 0.5) is 5.82 Å². The Morgan fingerprint density at radius 3 is 2.43 bits per heavy atom. The molecule has 1 fully saturated rings. The topological polar surface area (TPSA) is 64.2 Å². The molecule has 0 radical (unpaired) electrons. The largest absolute Gasteiger partial charge is 0.382 e. The molecule has 5 nitrogen and oxygen atoms in total. The molecule has 1 aliphatic heterocycles. The predicted molar refractivity (Wildman–Crippen MR) is 85.0 cm³/mol. The summed E-state index contributed by atoms with van der Waals surface area (Å²) in [6.07, 6.45) is 3.72. The minimum atomic E-state index is 0.0981. The number of hydrogen-bond acceptors (Lipinski definition) is 3. The van der Waals surface area contributed by atoms with Gasteiger partial charge in [-0.25, -0.2) is 0 Å². The van der Waals surface area contributed by atoms with Gasteiger partial charge in [-0.15, -0.1) is 0 Å². The Labute approximate surface area is 131 Å². The summed E-state index contributed by atoms with van der Waals surface area (Å²) >= 11 is 3.38. The van der Waals surface area contributed by atoms with Gasteiger partial charge in [0.2, 0.25) is 0 Å². The molecule has 0 unspecified atom stereocenters. The first-order chi connectivity index (χ1) is 10.1. The number of amides is 1. The number of carbonyl (C=O) groups excluding carboxylic acids is 1. The molecule has 110 valence electrons. The van der Waals surface area contributed by atoms with Gasteiger partial charge in [0.25, 0.3) is 5.91 Å². The van der Waals surface area contributed by atoms with Crippen molar-refractivity contribution in [1.82, 2.24) is 14.7 Å². The maximum atomic E-state index is 12.4. The fraction of sp³-hybridized carbons (Fsp3) is 0.333. The summed E-state index contributed by atoms with van der Waals surface area (Å²) in [5.41, 5.74) is 6.38. The summed E-state index contributed by atoms with van der Waals surface area (Å²) in [4.78, 5) is 14.3. The molecule has 21 heavy (non-hydrogen) atoms. The molecule has 1 aromatic heterocycles. The molecule has 1 saturated heterocycles. The smallest absolute Gasteiger partial charge is 0.253 e. The molecule has 0 aliphatic carbocycles. The van der Waals surface area contributed by atoms with Crippen LogP contribution in [0.1, 0.15) is 29.2 Å². The number of hydrogen-bond donors (Lipinski definition) is 1. The van der Waals surface area contributed by atoms with Crippen molar-refractivity contribution in [2.45, 2.75) is 18.9 Å². The van der Waals surface area contributed by atoms with E-state index in [9.17, 15) is 4.79 Å². The van der Waals surface area contributed by atoms with Crippen molar-refractivity contribution < 1.29 is 4.79 Å². The van der Waals surface area contributed by atoms with E-state index in [0.29, 0.717) is 11.9 Å². The second-order valence-corrected chi connectivity index (χ2v) is 6.17. The van der Waals surface area contributed by atoms with E-state index in [1.54, 1.807) is 6.07 Å². The van der Waals surface area contributed by atoms with Gasteiger partial charge in [-0.1, -0.05) is 15.9 Å². The molecular formula is C15H17BrN4O. The van der Waals surface area contributed by atoms with Gasteiger partial charge in [0.05, 0.1) is 6.04 Å². The molecule has 0 spiro atoms. The van der Waals surface area contributed by atoms with Gasteiger partial charge in [-0.2, -0.15) is 5.10 Å². The summed E-state index contributed by atoms with van der Waals surface area (Å²) in [5.74, 6) is 0.643. The van der Waals surface area contributed by atoms with Crippen LogP contribution in [0.15, 0.2) is 41.0 Å². The molecule has 2 N–H and O–H groups in total. The monoisotopic (exact) mass is 348 g/mol. The van der Waals surface area contributed by atoms with Gasteiger partial charge < -0.3 is 10.6 Å². The molecule has 1 aliphatic rings. The number of piperidine rings is 1. The summed E-state index contributed by atoms with van der Waals surface area (Å²) in [7, 11) is 0. The molecule has 1 amide bonds. The molecule has 6 heteroatoms. The first kappa shape index (κ1) is 14.1. The number of nitrogens with two attached hydrogens (primary N) is 1. The molecule has 0 atom stereocenters. The van der Waals surface area contributed by atoms with Crippen molar-refractivity contribution >= 4 is 27.7 Å². The van der Waals surface area contributed by atoms with Crippen molar-refractivity contribution in [1.29, 1.82) is 0 Å². The zero-order valence-corrected chi connectivity index (χ0v) is 13.2. The zero-order valence-electron chi connectivity index (χ0n) is 11.6. The lowest BCUT2D eigenvalue weighted by atomic mass is 10.0. The average molecular weight is 349 g/mol. The highest BCUT2D eigenvalue weighted by molar-refractivity contribution is 9.10. The minimum absolute atomic E-state index is 0.0981. The minimum Gasteiger partial charge on any atom is -0.382 e. The fourth-order valence-electron chi connectivity index (χ4n) is 2.66. The highest BCUT2D eigenvalue weighted by Gasteiger charge is 2.24. The lowest BCUT2D eigenvalue weighted by Gasteiger charge is -2.32. The summed E-state index contributed by atoms with van der Waals surface area (Å²) < 4.78 is 2.89. The predicted octanol–water partition coefficient (Wildman–Crippen LogP) is 2.71. The average Bonchev–Trinajstić information content (AvgIpc) is 2.94. The van der Waals surface area contributed by atoms with Crippen LogP contribution >= 0.6 is 15.9 Å². The van der Waals surface area contributed by atoms with Gasteiger partial charge >= 0.3 is 0 Å². The third-order valence-electron chi connectivity index (χ3n) is 3.85. The third-order valence-corrected chi connectivity index (χ3v) is 4.37. The molecule has 0 bridgehead atoms. The number of carbonyl (C=O) groups is 1. The fourth-order valence-corrected chi connectivity index (χ4v) is 2.93. The normalized spacial score (nSPS) is 16.1. The summed E-state index contributed by atoms with van der Waals surface area (Å²) in [5, 5.41) is 4.26. The Morgan fingerprint density at radius 2 is 1.86 bits per heavy atom.